The molecular weight excluding hydrogens is 346 g/mol. The number of benzene rings is 1. The van der Waals surface area contributed by atoms with E-state index in [9.17, 15) is 14.4 Å². The first-order chi connectivity index (χ1) is 12.0. The van der Waals surface area contributed by atoms with Crippen LogP contribution in [0.5, 0.6) is 11.5 Å². The van der Waals surface area contributed by atoms with Gasteiger partial charge >= 0.3 is 0 Å². The summed E-state index contributed by atoms with van der Waals surface area (Å²) < 4.78 is 10.7. The molecule has 0 spiro atoms. The Morgan fingerprint density at radius 2 is 2.08 bits per heavy atom. The number of rotatable bonds is 7. The summed E-state index contributed by atoms with van der Waals surface area (Å²) in [5.41, 5.74) is 4.94. The molecule has 2 N–H and O–H groups in total. The number of hydrogen-bond acceptors (Lipinski definition) is 6. The largest absolute Gasteiger partial charge is 0.493 e. The van der Waals surface area contributed by atoms with Gasteiger partial charge in [-0.05, 0) is 24.6 Å². The highest BCUT2D eigenvalue weighted by Gasteiger charge is 2.23. The molecule has 1 fully saturated rings. The molecule has 8 nitrogen and oxygen atoms in total. The fourth-order valence-corrected chi connectivity index (χ4v) is 2.95. The number of methoxy groups -OCH3 is 1. The van der Waals surface area contributed by atoms with Crippen LogP contribution in [0.1, 0.15) is 23.7 Å². The first-order valence-corrected chi connectivity index (χ1v) is 8.85. The second kappa shape index (κ2) is 9.16. The van der Waals surface area contributed by atoms with Crippen molar-refractivity contribution in [3.63, 3.8) is 0 Å². The Morgan fingerprint density at radius 1 is 1.28 bits per heavy atom. The topological polar surface area (TPSA) is 97.0 Å². The van der Waals surface area contributed by atoms with Gasteiger partial charge in [-0.1, -0.05) is 18.7 Å². The van der Waals surface area contributed by atoms with Crippen molar-refractivity contribution >= 4 is 28.8 Å². The molecule has 0 bridgehead atoms. The van der Waals surface area contributed by atoms with Crippen molar-refractivity contribution in [3.05, 3.63) is 23.8 Å². The number of carbonyl (C=O) groups is 3. The minimum absolute atomic E-state index is 0.0841. The number of carbonyl (C=O) groups excluding carboxylic acids is 3. The fraction of sp³-hybridized carbons (Fsp3) is 0.438. The monoisotopic (exact) mass is 367 g/mol. The zero-order valence-electron chi connectivity index (χ0n) is 14.2. The van der Waals surface area contributed by atoms with E-state index in [-0.39, 0.29) is 11.8 Å². The molecule has 1 aromatic carbocycles. The maximum Gasteiger partial charge on any atom is 0.282 e. The molecule has 0 atom stereocenters. The summed E-state index contributed by atoms with van der Waals surface area (Å²) in [4.78, 5) is 36.8. The maximum absolute atomic E-state index is 12.1. The summed E-state index contributed by atoms with van der Waals surface area (Å²) in [6.45, 7) is 2.98. The average Bonchev–Trinajstić information content (AvgIpc) is 3.02. The van der Waals surface area contributed by atoms with Gasteiger partial charge in [-0.25, -0.2) is 0 Å². The normalized spacial score (nSPS) is 13.5. The zero-order valence-corrected chi connectivity index (χ0v) is 15.0. The zero-order chi connectivity index (χ0) is 18.2. The molecule has 0 aromatic heterocycles. The molecule has 1 saturated heterocycles. The number of nitrogens with zero attached hydrogens (tertiary/aromatic N) is 1. The average molecular weight is 367 g/mol. The molecule has 1 heterocycles. The number of nitrogens with one attached hydrogen (secondary N) is 2. The minimum Gasteiger partial charge on any atom is -0.493 e. The Morgan fingerprint density at radius 3 is 2.72 bits per heavy atom. The molecule has 1 aliphatic heterocycles. The molecule has 9 heteroatoms. The first kappa shape index (κ1) is 18.9. The highest BCUT2D eigenvalue weighted by molar-refractivity contribution is 8.13. The summed E-state index contributed by atoms with van der Waals surface area (Å²) in [6.07, 6.45) is 0.857. The fourth-order valence-electron chi connectivity index (χ4n) is 2.12. The highest BCUT2D eigenvalue weighted by Crippen LogP contribution is 2.28. The molecule has 0 saturated carbocycles. The third kappa shape index (κ3) is 5.28. The molecule has 136 valence electrons. The van der Waals surface area contributed by atoms with Gasteiger partial charge in [0.1, 0.15) is 6.54 Å². The number of ether oxygens (including phenoxy) is 2. The molecule has 1 aliphatic rings. The van der Waals surface area contributed by atoms with Crippen molar-refractivity contribution in [3.8, 4) is 11.5 Å². The van der Waals surface area contributed by atoms with Crippen molar-refractivity contribution in [2.75, 3.05) is 32.6 Å². The molecule has 2 rings (SSSR count). The van der Waals surface area contributed by atoms with Crippen molar-refractivity contribution in [1.82, 2.24) is 15.8 Å². The van der Waals surface area contributed by atoms with Crippen LogP contribution in [0.4, 0.5) is 4.79 Å². The first-order valence-electron chi connectivity index (χ1n) is 7.87. The van der Waals surface area contributed by atoms with Gasteiger partial charge in [0.25, 0.3) is 17.1 Å². The Hall–Kier alpha value is -2.42. The van der Waals surface area contributed by atoms with Gasteiger partial charge in [0.05, 0.1) is 13.7 Å². The lowest BCUT2D eigenvalue weighted by molar-refractivity contribution is -0.122. The maximum atomic E-state index is 12.1. The van der Waals surface area contributed by atoms with E-state index in [2.05, 4.69) is 10.9 Å². The van der Waals surface area contributed by atoms with E-state index in [1.54, 1.807) is 12.1 Å². The number of amides is 3. The SMILES string of the molecule is CCCOc1ccc(C(=O)NNC(=O)CN2CCSC2=O)cc1OC. The van der Waals surface area contributed by atoms with Gasteiger partial charge in [-0.15, -0.1) is 0 Å². The van der Waals surface area contributed by atoms with Crippen LogP contribution in [0, 0.1) is 0 Å². The smallest absolute Gasteiger partial charge is 0.282 e. The number of thioether (sulfide) groups is 1. The number of hydrogen-bond donors (Lipinski definition) is 2. The molecule has 25 heavy (non-hydrogen) atoms. The Kier molecular flexibility index (Phi) is 6.93. The summed E-state index contributed by atoms with van der Waals surface area (Å²) in [6, 6.07) is 4.76. The van der Waals surface area contributed by atoms with E-state index in [1.807, 2.05) is 6.92 Å². The van der Waals surface area contributed by atoms with Crippen LogP contribution >= 0.6 is 11.8 Å². The second-order valence-corrected chi connectivity index (χ2v) is 6.30. The summed E-state index contributed by atoms with van der Waals surface area (Å²) in [5.74, 6) is 0.710. The summed E-state index contributed by atoms with van der Waals surface area (Å²) >= 11 is 1.17. The third-order valence-electron chi connectivity index (χ3n) is 3.38. The van der Waals surface area contributed by atoms with Gasteiger partial charge in [0, 0.05) is 17.9 Å². The minimum atomic E-state index is -0.490. The van der Waals surface area contributed by atoms with Gasteiger partial charge in [-0.2, -0.15) is 0 Å². The Bertz CT molecular complexity index is 653. The standard InChI is InChI=1S/C16H21N3O5S/c1-3-7-24-12-5-4-11(9-13(12)23-2)15(21)18-17-14(20)10-19-6-8-25-16(19)22/h4-5,9H,3,6-8,10H2,1-2H3,(H,17,20)(H,18,21). The van der Waals surface area contributed by atoms with Gasteiger partial charge in [-0.3, -0.25) is 25.2 Å². The predicted octanol–water partition coefficient (Wildman–Crippen LogP) is 1.41. The van der Waals surface area contributed by atoms with E-state index in [1.165, 1.54) is 29.8 Å². The van der Waals surface area contributed by atoms with E-state index in [0.717, 1.165) is 6.42 Å². The van der Waals surface area contributed by atoms with Crippen molar-refractivity contribution < 1.29 is 23.9 Å². The van der Waals surface area contributed by atoms with Crippen LogP contribution in [0.25, 0.3) is 0 Å². The van der Waals surface area contributed by atoms with Gasteiger partial charge < -0.3 is 14.4 Å². The van der Waals surface area contributed by atoms with Crippen LogP contribution in [0.3, 0.4) is 0 Å². The lowest BCUT2D eigenvalue weighted by atomic mass is 10.2. The Balaban J connectivity index is 1.89. The Labute approximate surface area is 150 Å². The van der Waals surface area contributed by atoms with Crippen LogP contribution in [-0.4, -0.2) is 54.5 Å². The third-order valence-corrected chi connectivity index (χ3v) is 4.27. The lowest BCUT2D eigenvalue weighted by Crippen LogP contribution is -2.46. The highest BCUT2D eigenvalue weighted by atomic mass is 32.2. The van der Waals surface area contributed by atoms with Crippen molar-refractivity contribution in [2.24, 2.45) is 0 Å². The summed E-state index contributed by atoms with van der Waals surface area (Å²) in [7, 11) is 1.49. The van der Waals surface area contributed by atoms with Crippen LogP contribution in [0.15, 0.2) is 18.2 Å². The van der Waals surface area contributed by atoms with Crippen LogP contribution in [-0.2, 0) is 4.79 Å². The van der Waals surface area contributed by atoms with Crippen molar-refractivity contribution in [1.29, 1.82) is 0 Å². The molecule has 0 aliphatic carbocycles. The van der Waals surface area contributed by atoms with Gasteiger partial charge in [0.15, 0.2) is 11.5 Å². The lowest BCUT2D eigenvalue weighted by Gasteiger charge is -2.15. The number of hydrazine groups is 1. The second-order valence-electron chi connectivity index (χ2n) is 5.25. The van der Waals surface area contributed by atoms with E-state index < -0.39 is 11.8 Å². The van der Waals surface area contributed by atoms with Crippen molar-refractivity contribution in [2.45, 2.75) is 13.3 Å². The predicted molar refractivity (Wildman–Crippen MR) is 93.8 cm³/mol. The van der Waals surface area contributed by atoms with E-state index in [0.29, 0.717) is 36.0 Å². The van der Waals surface area contributed by atoms with Crippen LogP contribution < -0.4 is 20.3 Å². The molecule has 0 radical (unpaired) electrons. The molecule has 0 unspecified atom stereocenters. The quantitative estimate of drug-likeness (QED) is 0.708. The molecule has 1 aromatic rings. The van der Waals surface area contributed by atoms with Crippen LogP contribution in [0.2, 0.25) is 0 Å². The van der Waals surface area contributed by atoms with E-state index >= 15 is 0 Å². The van der Waals surface area contributed by atoms with Gasteiger partial charge in [0.2, 0.25) is 0 Å². The van der Waals surface area contributed by atoms with E-state index in [4.69, 9.17) is 9.47 Å². The molecular formula is C16H21N3O5S. The molecule has 3 amide bonds. The summed E-state index contributed by atoms with van der Waals surface area (Å²) in [5, 5.41) is -0.131.